The highest BCUT2D eigenvalue weighted by atomic mass is 35.5. The van der Waals surface area contributed by atoms with Crippen LogP contribution < -0.4 is 15.2 Å². The molecule has 0 aliphatic heterocycles. The number of anilines is 1. The number of hydrogen-bond acceptors (Lipinski definition) is 5. The molecule has 0 bridgehead atoms. The molecule has 0 amide bonds. The topological polar surface area (TPSA) is 74.7 Å². The van der Waals surface area contributed by atoms with Gasteiger partial charge in [-0.05, 0) is 36.4 Å². The van der Waals surface area contributed by atoms with Crippen molar-refractivity contribution in [3.05, 3.63) is 65.4 Å². The Kier molecular flexibility index (Phi) is 4.67. The van der Waals surface area contributed by atoms with Crippen molar-refractivity contribution in [2.75, 3.05) is 19.5 Å². The van der Waals surface area contributed by atoms with Gasteiger partial charge in [-0.25, -0.2) is 0 Å². The van der Waals surface area contributed by atoms with E-state index in [1.165, 1.54) is 7.11 Å². The maximum atomic E-state index is 13.0. The van der Waals surface area contributed by atoms with Crippen LogP contribution in [0.5, 0.6) is 11.5 Å². The minimum Gasteiger partial charge on any atom is -0.497 e. The van der Waals surface area contributed by atoms with Crippen LogP contribution in [0.15, 0.2) is 53.5 Å². The predicted molar refractivity (Wildman–Crippen MR) is 97.8 cm³/mol. The van der Waals surface area contributed by atoms with Gasteiger partial charge in [0.15, 0.2) is 5.76 Å². The molecule has 1 heterocycles. The summed E-state index contributed by atoms with van der Waals surface area (Å²) in [7, 11) is 1.52. The first-order valence-corrected chi connectivity index (χ1v) is 7.87. The molecule has 0 fully saturated rings. The fraction of sp³-hybridized carbons (Fsp3) is 0.105. The molecular weight excluding hydrogens is 342 g/mol. The van der Waals surface area contributed by atoms with Gasteiger partial charge in [0.25, 0.3) is 0 Å². The lowest BCUT2D eigenvalue weighted by atomic mass is 10.1. The van der Waals surface area contributed by atoms with E-state index in [-0.39, 0.29) is 23.6 Å². The van der Waals surface area contributed by atoms with Crippen LogP contribution in [0, 0.1) is 0 Å². The molecule has 1 aromatic heterocycles. The van der Waals surface area contributed by atoms with Crippen molar-refractivity contribution in [2.45, 2.75) is 0 Å². The van der Waals surface area contributed by atoms with Gasteiger partial charge in [-0.3, -0.25) is 4.79 Å². The number of ether oxygens (including phenoxy) is 2. The van der Waals surface area contributed by atoms with E-state index < -0.39 is 5.78 Å². The third-order valence-electron chi connectivity index (χ3n) is 3.68. The molecule has 5 nitrogen and oxygen atoms in total. The molecule has 3 rings (SSSR count). The van der Waals surface area contributed by atoms with Crippen molar-refractivity contribution in [3.63, 3.8) is 0 Å². The molecule has 0 aliphatic rings. The highest BCUT2D eigenvalue weighted by Gasteiger charge is 2.24. The number of benzene rings is 2. The summed E-state index contributed by atoms with van der Waals surface area (Å²) in [6.07, 6.45) is 1.59. The van der Waals surface area contributed by atoms with Gasteiger partial charge in [-0.1, -0.05) is 24.3 Å². The molecule has 0 unspecified atom stereocenters. The van der Waals surface area contributed by atoms with Gasteiger partial charge in [-0.15, -0.1) is 0 Å². The largest absolute Gasteiger partial charge is 0.497 e. The molecule has 3 aromatic rings. The minimum absolute atomic E-state index is 0.0361. The number of methoxy groups -OCH3 is 1. The third kappa shape index (κ3) is 3.19. The molecule has 0 atom stereocenters. The Bertz CT molecular complexity index is 961. The Morgan fingerprint density at radius 1 is 1.32 bits per heavy atom. The van der Waals surface area contributed by atoms with E-state index in [9.17, 15) is 4.79 Å². The van der Waals surface area contributed by atoms with Gasteiger partial charge < -0.3 is 19.6 Å². The Labute approximate surface area is 149 Å². The van der Waals surface area contributed by atoms with Crippen molar-refractivity contribution in [2.24, 2.45) is 0 Å². The van der Waals surface area contributed by atoms with E-state index >= 15 is 0 Å². The average Bonchev–Trinajstić information content (AvgIpc) is 2.95. The number of carbonyl (C=O) groups excluding carboxylic acids is 1. The van der Waals surface area contributed by atoms with Crippen LogP contribution in [0.25, 0.3) is 11.0 Å². The molecule has 2 N–H and O–H groups in total. The zero-order valence-corrected chi connectivity index (χ0v) is 14.3. The summed E-state index contributed by atoms with van der Waals surface area (Å²) in [5.41, 5.74) is 7.12. The molecule has 6 heteroatoms. The molecule has 128 valence electrons. The van der Waals surface area contributed by atoms with Crippen LogP contribution >= 0.6 is 11.6 Å². The highest BCUT2D eigenvalue weighted by molar-refractivity contribution is 6.31. The van der Waals surface area contributed by atoms with E-state index in [2.05, 4.69) is 6.58 Å². The van der Waals surface area contributed by atoms with Crippen LogP contribution in [-0.2, 0) is 0 Å². The summed E-state index contributed by atoms with van der Waals surface area (Å²) >= 11 is 5.99. The van der Waals surface area contributed by atoms with Crippen LogP contribution in [-0.4, -0.2) is 19.5 Å². The fourth-order valence-corrected chi connectivity index (χ4v) is 2.64. The van der Waals surface area contributed by atoms with E-state index in [0.717, 1.165) is 0 Å². The van der Waals surface area contributed by atoms with Gasteiger partial charge in [0.2, 0.25) is 5.78 Å². The number of rotatable bonds is 6. The number of nitrogen functional groups attached to an aromatic ring is 1. The number of ketones is 1. The van der Waals surface area contributed by atoms with E-state index in [1.807, 2.05) is 0 Å². The van der Waals surface area contributed by atoms with Gasteiger partial charge in [0.1, 0.15) is 23.7 Å². The Hall–Kier alpha value is -2.92. The van der Waals surface area contributed by atoms with E-state index in [0.29, 0.717) is 27.5 Å². The number of carbonyl (C=O) groups is 1. The molecule has 0 saturated carbocycles. The molecule has 0 aliphatic carbocycles. The van der Waals surface area contributed by atoms with Gasteiger partial charge in [-0.2, -0.15) is 0 Å². The smallest absolute Gasteiger partial charge is 0.234 e. The first-order valence-electron chi connectivity index (χ1n) is 7.49. The molecule has 0 radical (unpaired) electrons. The fourth-order valence-electron chi connectivity index (χ4n) is 2.47. The van der Waals surface area contributed by atoms with Crippen LogP contribution in [0.4, 0.5) is 5.69 Å². The molecular formula is C19H16ClNO4. The molecule has 0 saturated heterocycles. The summed E-state index contributed by atoms with van der Waals surface area (Å²) < 4.78 is 16.4. The number of nitrogens with two attached hydrogens (primary N) is 1. The molecule has 25 heavy (non-hydrogen) atoms. The zero-order valence-electron chi connectivity index (χ0n) is 13.5. The van der Waals surface area contributed by atoms with Gasteiger partial charge in [0, 0.05) is 10.4 Å². The maximum absolute atomic E-state index is 13.0. The monoisotopic (exact) mass is 357 g/mol. The van der Waals surface area contributed by atoms with Crippen molar-refractivity contribution in [3.8, 4) is 11.5 Å². The summed E-state index contributed by atoms with van der Waals surface area (Å²) in [6, 6.07) is 9.95. The lowest BCUT2D eigenvalue weighted by molar-refractivity contribution is 0.101. The quantitative estimate of drug-likeness (QED) is 0.520. The second kappa shape index (κ2) is 6.91. The van der Waals surface area contributed by atoms with Crippen LogP contribution in [0.3, 0.4) is 0 Å². The normalized spacial score (nSPS) is 10.6. The van der Waals surface area contributed by atoms with Crippen LogP contribution in [0.2, 0.25) is 5.02 Å². The van der Waals surface area contributed by atoms with E-state index in [1.54, 1.807) is 42.5 Å². The predicted octanol–water partition coefficient (Wildman–Crippen LogP) is 4.47. The lowest BCUT2D eigenvalue weighted by Crippen LogP contribution is -2.07. The Morgan fingerprint density at radius 3 is 2.84 bits per heavy atom. The average molecular weight is 358 g/mol. The number of furan rings is 1. The van der Waals surface area contributed by atoms with Crippen molar-refractivity contribution < 1.29 is 18.7 Å². The Morgan fingerprint density at radius 2 is 2.12 bits per heavy atom. The number of fused-ring (bicyclic) bond motifs is 1. The summed E-state index contributed by atoms with van der Waals surface area (Å²) in [4.78, 5) is 13.0. The first-order chi connectivity index (χ1) is 12.0. The number of halogens is 1. The molecule has 2 aromatic carbocycles. The SMILES string of the molecule is C=CCOc1ccc(OC)cc1C(=O)c1oc2ccc(Cl)cc2c1N. The van der Waals surface area contributed by atoms with E-state index in [4.69, 9.17) is 31.2 Å². The lowest BCUT2D eigenvalue weighted by Gasteiger charge is -2.10. The van der Waals surface area contributed by atoms with Crippen molar-refractivity contribution in [1.29, 1.82) is 0 Å². The minimum atomic E-state index is -0.400. The van der Waals surface area contributed by atoms with Gasteiger partial charge in [0.05, 0.1) is 18.4 Å². The first kappa shape index (κ1) is 16.9. The third-order valence-corrected chi connectivity index (χ3v) is 3.92. The van der Waals surface area contributed by atoms with Crippen LogP contribution in [0.1, 0.15) is 16.1 Å². The summed E-state index contributed by atoms with van der Waals surface area (Å²) in [5.74, 6) is 0.548. The Balaban J connectivity index is 2.11. The zero-order chi connectivity index (χ0) is 18.0. The summed E-state index contributed by atoms with van der Waals surface area (Å²) in [6.45, 7) is 3.87. The second-order valence-corrected chi connectivity index (χ2v) is 5.71. The highest BCUT2D eigenvalue weighted by Crippen LogP contribution is 2.34. The number of hydrogen-bond donors (Lipinski definition) is 1. The molecule has 0 spiro atoms. The second-order valence-electron chi connectivity index (χ2n) is 5.28. The summed E-state index contributed by atoms with van der Waals surface area (Å²) in [5, 5.41) is 1.10. The maximum Gasteiger partial charge on any atom is 0.234 e. The van der Waals surface area contributed by atoms with Crippen molar-refractivity contribution >= 4 is 34.0 Å². The standard InChI is InChI=1S/C19H16ClNO4/c1-3-8-24-15-7-5-12(23-2)10-14(15)18(22)19-17(21)13-9-11(20)4-6-16(13)25-19/h3-7,9-10H,1,8,21H2,2H3. The van der Waals surface area contributed by atoms with Crippen molar-refractivity contribution in [1.82, 2.24) is 0 Å². The van der Waals surface area contributed by atoms with Gasteiger partial charge >= 0.3 is 0 Å².